The van der Waals surface area contributed by atoms with E-state index in [4.69, 9.17) is 5.84 Å². The van der Waals surface area contributed by atoms with Crippen LogP contribution in [-0.4, -0.2) is 23.9 Å². The smallest absolute Gasteiger partial charge is 0.349 e. The van der Waals surface area contributed by atoms with Crippen molar-refractivity contribution >= 4 is 5.91 Å². The van der Waals surface area contributed by atoms with Crippen molar-refractivity contribution in [1.82, 2.24) is 16.1 Å². The second-order valence-electron chi connectivity index (χ2n) is 2.75. The first-order valence-electron chi connectivity index (χ1n) is 4.39. The molecule has 0 saturated heterocycles. The lowest BCUT2D eigenvalue weighted by Gasteiger charge is -2.03. The minimum atomic E-state index is -2.52. The molecule has 0 radical (unpaired) electrons. The van der Waals surface area contributed by atoms with E-state index in [2.05, 4.69) is 5.32 Å². The fourth-order valence-electron chi connectivity index (χ4n) is 0.693. The number of carbonyl (C=O) groups excluding carboxylic acids is 1. The number of nitrogens with one attached hydrogen (secondary N) is 3. The van der Waals surface area contributed by atoms with Crippen molar-refractivity contribution in [2.24, 2.45) is 5.84 Å². The van der Waals surface area contributed by atoms with Crippen LogP contribution in [0.25, 0.3) is 0 Å². The quantitative estimate of drug-likeness (QED) is 0.275. The van der Waals surface area contributed by atoms with Crippen molar-refractivity contribution < 1.29 is 22.9 Å². The number of nitrogens with zero attached hydrogens (tertiary/aromatic N) is 1. The number of hydrazine groups is 1. The van der Waals surface area contributed by atoms with Crippen LogP contribution in [0.1, 0.15) is 0 Å². The van der Waals surface area contributed by atoms with E-state index < -0.39 is 41.6 Å². The van der Waals surface area contributed by atoms with Crippen LogP contribution in [0.4, 0.5) is 13.2 Å². The second-order valence-corrected chi connectivity index (χ2v) is 2.75. The standard InChI is InChI=1S/C7H10F3N5O3/c8-4(7(9)10)1-13-6(16)3-12-2-5(14-11)15(17)18/h2,12,14H,1,3,11H2,(H,13,16)/b5-2+. The predicted molar refractivity (Wildman–Crippen MR) is 53.8 cm³/mol. The largest absolute Gasteiger partial charge is 0.375 e. The van der Waals surface area contributed by atoms with Crippen LogP contribution in [0.5, 0.6) is 0 Å². The highest BCUT2D eigenvalue weighted by Crippen LogP contribution is 2.06. The average molecular weight is 269 g/mol. The number of carbonyl (C=O) groups is 1. The van der Waals surface area contributed by atoms with Crippen molar-refractivity contribution in [3.05, 3.63) is 34.0 Å². The molecule has 102 valence electrons. The summed E-state index contributed by atoms with van der Waals surface area (Å²) in [6, 6.07) is 0. The predicted octanol–water partition coefficient (Wildman–Crippen LogP) is -0.691. The van der Waals surface area contributed by atoms with Gasteiger partial charge in [-0.2, -0.15) is 20.0 Å². The minimum absolute atomic E-state index is 0.472. The van der Waals surface area contributed by atoms with Gasteiger partial charge in [-0.15, -0.1) is 0 Å². The summed E-state index contributed by atoms with van der Waals surface area (Å²) in [4.78, 5) is 20.3. The molecule has 0 aromatic heterocycles. The van der Waals surface area contributed by atoms with E-state index in [0.29, 0.717) is 0 Å². The molecule has 0 spiro atoms. The molecule has 0 aromatic carbocycles. The molecule has 0 heterocycles. The summed E-state index contributed by atoms with van der Waals surface area (Å²) in [5, 5.41) is 14.2. The van der Waals surface area contributed by atoms with Gasteiger partial charge in [0, 0.05) is 0 Å². The number of amides is 1. The van der Waals surface area contributed by atoms with Gasteiger partial charge in [-0.25, -0.2) is 4.39 Å². The van der Waals surface area contributed by atoms with Crippen LogP contribution in [0.15, 0.2) is 23.9 Å². The summed E-state index contributed by atoms with van der Waals surface area (Å²) >= 11 is 0. The van der Waals surface area contributed by atoms with Crippen molar-refractivity contribution in [2.45, 2.75) is 0 Å². The summed E-state index contributed by atoms with van der Waals surface area (Å²) in [5.41, 5.74) is 1.74. The Labute approximate surface area is 98.8 Å². The lowest BCUT2D eigenvalue weighted by Crippen LogP contribution is -2.34. The molecule has 0 fully saturated rings. The van der Waals surface area contributed by atoms with Crippen LogP contribution >= 0.6 is 0 Å². The molecule has 0 rings (SSSR count). The Bertz CT molecular complexity index is 381. The van der Waals surface area contributed by atoms with Crippen LogP contribution < -0.4 is 21.9 Å². The van der Waals surface area contributed by atoms with Gasteiger partial charge in [0.15, 0.2) is 5.83 Å². The molecule has 0 aromatic rings. The highest BCUT2D eigenvalue weighted by Gasteiger charge is 2.08. The first kappa shape index (κ1) is 15.7. The van der Waals surface area contributed by atoms with E-state index >= 15 is 0 Å². The van der Waals surface area contributed by atoms with Crippen LogP contribution in [0.3, 0.4) is 0 Å². The molecule has 18 heavy (non-hydrogen) atoms. The van der Waals surface area contributed by atoms with Gasteiger partial charge in [0.05, 0.1) is 19.3 Å². The highest BCUT2D eigenvalue weighted by molar-refractivity contribution is 5.78. The molecule has 8 nitrogen and oxygen atoms in total. The van der Waals surface area contributed by atoms with E-state index in [-0.39, 0.29) is 0 Å². The van der Waals surface area contributed by atoms with Crippen molar-refractivity contribution in [2.75, 3.05) is 13.1 Å². The molecule has 5 N–H and O–H groups in total. The minimum Gasteiger partial charge on any atom is -0.375 e. The zero-order valence-corrected chi connectivity index (χ0v) is 8.87. The van der Waals surface area contributed by atoms with E-state index in [1.54, 1.807) is 5.43 Å². The van der Waals surface area contributed by atoms with E-state index in [0.717, 1.165) is 6.20 Å². The zero-order chi connectivity index (χ0) is 14.1. The fraction of sp³-hybridized carbons (Fsp3) is 0.286. The number of hydrogen-bond acceptors (Lipinski definition) is 6. The lowest BCUT2D eigenvalue weighted by atomic mass is 10.5. The number of halogens is 3. The third-order valence-corrected chi connectivity index (χ3v) is 1.49. The van der Waals surface area contributed by atoms with Crippen molar-refractivity contribution in [1.29, 1.82) is 0 Å². The average Bonchev–Trinajstić information content (AvgIpc) is 2.30. The maximum absolute atomic E-state index is 12.3. The Morgan fingerprint density at radius 2 is 1.94 bits per heavy atom. The second kappa shape index (κ2) is 7.89. The number of nitrogens with two attached hydrogens (primary N) is 1. The Morgan fingerprint density at radius 1 is 1.33 bits per heavy atom. The summed E-state index contributed by atoms with van der Waals surface area (Å²) in [7, 11) is 0. The summed E-state index contributed by atoms with van der Waals surface area (Å²) in [6.07, 6.45) is -1.73. The molecule has 0 aliphatic carbocycles. The van der Waals surface area contributed by atoms with E-state index in [1.165, 1.54) is 0 Å². The normalized spacial score (nSPS) is 10.6. The Balaban J connectivity index is 4.06. The van der Waals surface area contributed by atoms with E-state index in [1.807, 2.05) is 5.32 Å². The van der Waals surface area contributed by atoms with Crippen LogP contribution in [-0.2, 0) is 4.79 Å². The first-order chi connectivity index (χ1) is 8.38. The molecular weight excluding hydrogens is 259 g/mol. The highest BCUT2D eigenvalue weighted by atomic mass is 19.3. The molecule has 1 amide bonds. The third kappa shape index (κ3) is 6.32. The van der Waals surface area contributed by atoms with Gasteiger partial charge in [0.25, 0.3) is 0 Å². The van der Waals surface area contributed by atoms with Crippen LogP contribution in [0, 0.1) is 10.1 Å². The Kier molecular flexibility index (Phi) is 6.88. The van der Waals surface area contributed by atoms with E-state index in [9.17, 15) is 28.1 Å². The lowest BCUT2D eigenvalue weighted by molar-refractivity contribution is -0.432. The molecular formula is C7H10F3N5O3. The molecule has 11 heteroatoms. The van der Waals surface area contributed by atoms with Gasteiger partial charge < -0.3 is 20.7 Å². The third-order valence-electron chi connectivity index (χ3n) is 1.49. The molecule has 0 bridgehead atoms. The number of hydrogen-bond donors (Lipinski definition) is 4. The molecule has 0 saturated carbocycles. The maximum atomic E-state index is 12.3. The van der Waals surface area contributed by atoms with Crippen molar-refractivity contribution in [3.63, 3.8) is 0 Å². The number of rotatable bonds is 7. The summed E-state index contributed by atoms with van der Waals surface area (Å²) < 4.78 is 35.5. The molecule has 0 unspecified atom stereocenters. The SMILES string of the molecule is NN/C(=C\NCC(=O)NCC(F)=C(F)F)[N+](=O)[O-]. The van der Waals surface area contributed by atoms with Gasteiger partial charge >= 0.3 is 11.9 Å². The summed E-state index contributed by atoms with van der Waals surface area (Å²) in [5.74, 6) is 1.59. The van der Waals surface area contributed by atoms with Crippen LogP contribution in [0.2, 0.25) is 0 Å². The topological polar surface area (TPSA) is 122 Å². The zero-order valence-electron chi connectivity index (χ0n) is 8.87. The Morgan fingerprint density at radius 3 is 2.39 bits per heavy atom. The first-order valence-corrected chi connectivity index (χ1v) is 4.39. The summed E-state index contributed by atoms with van der Waals surface area (Å²) in [6.45, 7) is -1.43. The van der Waals surface area contributed by atoms with Crippen molar-refractivity contribution in [3.8, 4) is 0 Å². The molecule has 0 atom stereocenters. The fourth-order valence-corrected chi connectivity index (χ4v) is 0.693. The van der Waals surface area contributed by atoms with Gasteiger partial charge in [-0.1, -0.05) is 0 Å². The Hall–Kier alpha value is -2.30. The van der Waals surface area contributed by atoms with Gasteiger partial charge in [0.2, 0.25) is 5.91 Å². The van der Waals surface area contributed by atoms with Gasteiger partial charge in [-0.3, -0.25) is 4.79 Å². The molecule has 0 aliphatic heterocycles. The number of nitro groups is 1. The van der Waals surface area contributed by atoms with Gasteiger partial charge in [-0.05, 0) is 4.92 Å². The van der Waals surface area contributed by atoms with Gasteiger partial charge in [0.1, 0.15) is 0 Å². The molecule has 0 aliphatic rings. The monoisotopic (exact) mass is 269 g/mol. The maximum Gasteiger partial charge on any atom is 0.349 e.